The van der Waals surface area contributed by atoms with Crippen molar-refractivity contribution in [2.45, 2.75) is 52.3 Å². The zero-order valence-corrected chi connectivity index (χ0v) is 17.8. The first-order chi connectivity index (χ1) is 11.3. The van der Waals surface area contributed by atoms with Gasteiger partial charge in [0.2, 0.25) is 15.9 Å². The van der Waals surface area contributed by atoms with Crippen molar-refractivity contribution < 1.29 is 13.2 Å². The van der Waals surface area contributed by atoms with Crippen molar-refractivity contribution in [2.24, 2.45) is 0 Å². The van der Waals surface area contributed by atoms with E-state index in [9.17, 15) is 13.2 Å². The zero-order chi connectivity index (χ0) is 19.4. The Morgan fingerprint density at radius 1 is 1.24 bits per heavy atom. The number of carbonyl (C=O) groups excluding carboxylic acids is 1. The second-order valence-electron chi connectivity index (χ2n) is 7.26. The first-order valence-corrected chi connectivity index (χ1v) is 11.1. The van der Waals surface area contributed by atoms with Crippen LogP contribution in [0.1, 0.15) is 38.8 Å². The number of benzene rings is 1. The molecule has 1 aromatic rings. The Kier molecular flexibility index (Phi) is 7.38. The number of rotatable bonds is 7. The SMILES string of the molecule is Cc1ccc(N([C@@H](C)C(=O)NCCSC(C)(C)C)S(C)(=O)=O)cc1C. The average molecular weight is 387 g/mol. The molecule has 1 amide bonds. The van der Waals surface area contributed by atoms with Crippen molar-refractivity contribution >= 4 is 33.4 Å². The molecular weight excluding hydrogens is 356 g/mol. The maximum Gasteiger partial charge on any atom is 0.243 e. The van der Waals surface area contributed by atoms with Crippen LogP contribution < -0.4 is 9.62 Å². The number of nitrogens with one attached hydrogen (secondary N) is 1. The lowest BCUT2D eigenvalue weighted by atomic mass is 10.1. The van der Waals surface area contributed by atoms with Crippen LogP contribution in [-0.2, 0) is 14.8 Å². The predicted octanol–water partition coefficient (Wildman–Crippen LogP) is 3.11. The fourth-order valence-electron chi connectivity index (χ4n) is 2.35. The number of sulfonamides is 1. The van der Waals surface area contributed by atoms with Gasteiger partial charge < -0.3 is 5.32 Å². The first-order valence-electron chi connectivity index (χ1n) is 8.31. The number of carbonyl (C=O) groups is 1. The Hall–Kier alpha value is -1.21. The highest BCUT2D eigenvalue weighted by molar-refractivity contribution is 8.00. The number of hydrogen-bond donors (Lipinski definition) is 1. The van der Waals surface area contributed by atoms with Crippen molar-refractivity contribution in [1.29, 1.82) is 0 Å². The van der Waals surface area contributed by atoms with Gasteiger partial charge in [-0.15, -0.1) is 0 Å². The molecule has 0 bridgehead atoms. The molecule has 0 fully saturated rings. The van der Waals surface area contributed by atoms with Gasteiger partial charge in [-0.3, -0.25) is 9.10 Å². The van der Waals surface area contributed by atoms with Crippen LogP contribution in [0.3, 0.4) is 0 Å². The second kappa shape index (κ2) is 8.45. The third-order valence-electron chi connectivity index (χ3n) is 3.77. The van der Waals surface area contributed by atoms with E-state index in [1.54, 1.807) is 30.8 Å². The predicted molar refractivity (Wildman–Crippen MR) is 108 cm³/mol. The lowest BCUT2D eigenvalue weighted by Crippen LogP contribution is -2.48. The monoisotopic (exact) mass is 386 g/mol. The molecule has 1 N–H and O–H groups in total. The van der Waals surface area contributed by atoms with Gasteiger partial charge in [0.05, 0.1) is 11.9 Å². The van der Waals surface area contributed by atoms with E-state index in [0.29, 0.717) is 12.2 Å². The fraction of sp³-hybridized carbons (Fsp3) is 0.611. The molecule has 25 heavy (non-hydrogen) atoms. The van der Waals surface area contributed by atoms with Crippen molar-refractivity contribution in [2.75, 3.05) is 22.9 Å². The summed E-state index contributed by atoms with van der Waals surface area (Å²) in [5.74, 6) is 0.489. The van der Waals surface area contributed by atoms with E-state index in [4.69, 9.17) is 0 Å². The summed E-state index contributed by atoms with van der Waals surface area (Å²) in [5.41, 5.74) is 2.58. The third kappa shape index (κ3) is 6.90. The molecule has 142 valence electrons. The van der Waals surface area contributed by atoms with Gasteiger partial charge in [-0.1, -0.05) is 26.8 Å². The quantitative estimate of drug-likeness (QED) is 0.731. The van der Waals surface area contributed by atoms with Crippen LogP contribution in [0.25, 0.3) is 0 Å². The number of thioether (sulfide) groups is 1. The Morgan fingerprint density at radius 3 is 2.32 bits per heavy atom. The number of nitrogens with zero attached hydrogens (tertiary/aromatic N) is 1. The summed E-state index contributed by atoms with van der Waals surface area (Å²) in [6.45, 7) is 12.4. The van der Waals surface area contributed by atoms with Gasteiger partial charge in [-0.25, -0.2) is 8.42 Å². The summed E-state index contributed by atoms with van der Waals surface area (Å²) >= 11 is 1.75. The standard InChI is InChI=1S/C18H30N2O3S2/c1-13-8-9-16(12-14(13)2)20(25(7,22)23)15(3)17(21)19-10-11-24-18(4,5)6/h8-9,12,15H,10-11H2,1-7H3,(H,19,21)/t15-/m0/s1. The minimum Gasteiger partial charge on any atom is -0.353 e. The van der Waals surface area contributed by atoms with E-state index in [1.165, 1.54) is 4.31 Å². The molecule has 0 aromatic heterocycles. The highest BCUT2D eigenvalue weighted by atomic mass is 32.2. The molecule has 0 heterocycles. The van der Waals surface area contributed by atoms with Gasteiger partial charge in [0.25, 0.3) is 0 Å². The highest BCUT2D eigenvalue weighted by Gasteiger charge is 2.29. The summed E-state index contributed by atoms with van der Waals surface area (Å²) in [6, 6.07) is 4.60. The molecule has 0 aliphatic heterocycles. The van der Waals surface area contributed by atoms with Gasteiger partial charge >= 0.3 is 0 Å². The number of aryl methyl sites for hydroxylation is 2. The van der Waals surface area contributed by atoms with E-state index in [0.717, 1.165) is 23.1 Å². The molecule has 0 aliphatic carbocycles. The van der Waals surface area contributed by atoms with Crippen molar-refractivity contribution in [1.82, 2.24) is 5.32 Å². The van der Waals surface area contributed by atoms with Gasteiger partial charge in [-0.2, -0.15) is 11.8 Å². The third-order valence-corrected chi connectivity index (χ3v) is 6.29. The van der Waals surface area contributed by atoms with E-state index < -0.39 is 16.1 Å². The van der Waals surface area contributed by atoms with E-state index in [-0.39, 0.29) is 10.7 Å². The molecule has 5 nitrogen and oxygen atoms in total. The summed E-state index contributed by atoms with van der Waals surface area (Å²) in [7, 11) is -3.58. The van der Waals surface area contributed by atoms with E-state index in [1.807, 2.05) is 19.9 Å². The zero-order valence-electron chi connectivity index (χ0n) is 16.2. The van der Waals surface area contributed by atoms with E-state index in [2.05, 4.69) is 26.1 Å². The Balaban J connectivity index is 2.89. The summed E-state index contributed by atoms with van der Waals surface area (Å²) in [4.78, 5) is 12.5. The Labute approximate surface area is 156 Å². The average Bonchev–Trinajstić information content (AvgIpc) is 2.44. The minimum atomic E-state index is -3.58. The molecule has 1 rings (SSSR count). The van der Waals surface area contributed by atoms with Gasteiger partial charge in [-0.05, 0) is 44.0 Å². The molecule has 0 saturated heterocycles. The lowest BCUT2D eigenvalue weighted by Gasteiger charge is -2.29. The van der Waals surface area contributed by atoms with Gasteiger partial charge in [0.1, 0.15) is 6.04 Å². The van der Waals surface area contributed by atoms with Crippen LogP contribution in [0.4, 0.5) is 5.69 Å². The maximum atomic E-state index is 12.5. The Bertz CT molecular complexity index is 710. The smallest absolute Gasteiger partial charge is 0.243 e. The van der Waals surface area contributed by atoms with Crippen LogP contribution in [0.15, 0.2) is 18.2 Å². The van der Waals surface area contributed by atoms with Crippen LogP contribution >= 0.6 is 11.8 Å². The maximum absolute atomic E-state index is 12.5. The molecule has 0 spiro atoms. The number of amides is 1. The summed E-state index contributed by atoms with van der Waals surface area (Å²) in [5, 5.41) is 2.84. The minimum absolute atomic E-state index is 0.133. The number of hydrogen-bond acceptors (Lipinski definition) is 4. The summed E-state index contributed by atoms with van der Waals surface area (Å²) in [6.07, 6.45) is 1.13. The molecule has 0 unspecified atom stereocenters. The van der Waals surface area contributed by atoms with Crippen LogP contribution in [0, 0.1) is 13.8 Å². The van der Waals surface area contributed by atoms with Crippen molar-refractivity contribution in [3.63, 3.8) is 0 Å². The molecule has 1 aromatic carbocycles. The first kappa shape index (κ1) is 21.8. The van der Waals surface area contributed by atoms with Gasteiger partial charge in [0, 0.05) is 17.0 Å². The molecule has 0 aliphatic rings. The normalized spacial score (nSPS) is 13.4. The largest absolute Gasteiger partial charge is 0.353 e. The molecule has 0 radical (unpaired) electrons. The van der Waals surface area contributed by atoms with Crippen LogP contribution in [0.2, 0.25) is 0 Å². The fourth-order valence-corrected chi connectivity index (χ4v) is 4.33. The van der Waals surface area contributed by atoms with Crippen LogP contribution in [-0.4, -0.2) is 43.7 Å². The summed E-state index contributed by atoms with van der Waals surface area (Å²) < 4.78 is 25.9. The molecule has 0 saturated carbocycles. The molecule has 7 heteroatoms. The topological polar surface area (TPSA) is 66.5 Å². The lowest BCUT2D eigenvalue weighted by molar-refractivity contribution is -0.121. The van der Waals surface area contributed by atoms with Crippen molar-refractivity contribution in [3.05, 3.63) is 29.3 Å². The molecular formula is C18H30N2O3S2. The van der Waals surface area contributed by atoms with Crippen LogP contribution in [0.5, 0.6) is 0 Å². The van der Waals surface area contributed by atoms with Crippen molar-refractivity contribution in [3.8, 4) is 0 Å². The highest BCUT2D eigenvalue weighted by Crippen LogP contribution is 2.24. The molecule has 1 atom stereocenters. The second-order valence-corrected chi connectivity index (χ2v) is 11.0. The van der Waals surface area contributed by atoms with E-state index >= 15 is 0 Å². The van der Waals surface area contributed by atoms with Gasteiger partial charge in [0.15, 0.2) is 0 Å². The Morgan fingerprint density at radius 2 is 1.84 bits per heavy atom. The number of anilines is 1.